The third-order valence-corrected chi connectivity index (χ3v) is 6.29. The highest BCUT2D eigenvalue weighted by molar-refractivity contribution is 6.42. The molecule has 1 aliphatic heterocycles. The van der Waals surface area contributed by atoms with Crippen LogP contribution in [0, 0.1) is 0 Å². The second-order valence-electron chi connectivity index (χ2n) is 7.98. The molecule has 2 amide bonds. The van der Waals surface area contributed by atoms with Crippen molar-refractivity contribution in [2.75, 3.05) is 31.5 Å². The number of halogens is 2. The highest BCUT2D eigenvalue weighted by Gasteiger charge is 2.15. The van der Waals surface area contributed by atoms with Crippen molar-refractivity contribution >= 4 is 40.7 Å². The fraction of sp³-hybridized carbons (Fsp3) is 0.231. The first-order chi connectivity index (χ1) is 16.5. The van der Waals surface area contributed by atoms with Gasteiger partial charge in [-0.3, -0.25) is 9.59 Å². The van der Waals surface area contributed by atoms with Gasteiger partial charge in [0, 0.05) is 43.9 Å². The Morgan fingerprint density at radius 3 is 2.18 bits per heavy atom. The maximum absolute atomic E-state index is 12.4. The zero-order chi connectivity index (χ0) is 23.9. The summed E-state index contributed by atoms with van der Waals surface area (Å²) in [6, 6.07) is 19.6. The Labute approximate surface area is 208 Å². The number of rotatable bonds is 7. The SMILES string of the molecule is O=C(Nc1ccc(Oc2ccc(CCC(=O)N3CCNCC3)cc2)cc1)c1ccc(Cl)c(Cl)c1. The first-order valence-corrected chi connectivity index (χ1v) is 11.9. The molecule has 2 N–H and O–H groups in total. The summed E-state index contributed by atoms with van der Waals surface area (Å²) in [5.74, 6) is 1.27. The van der Waals surface area contributed by atoms with Crippen LogP contribution in [-0.2, 0) is 11.2 Å². The van der Waals surface area contributed by atoms with E-state index in [-0.39, 0.29) is 11.8 Å². The number of nitrogens with zero attached hydrogens (tertiary/aromatic N) is 1. The second kappa shape index (κ2) is 11.4. The number of carbonyl (C=O) groups is 2. The molecule has 6 nitrogen and oxygen atoms in total. The van der Waals surface area contributed by atoms with Gasteiger partial charge in [0.15, 0.2) is 0 Å². The minimum atomic E-state index is -0.279. The largest absolute Gasteiger partial charge is 0.457 e. The molecule has 176 valence electrons. The summed E-state index contributed by atoms with van der Waals surface area (Å²) in [6.45, 7) is 3.29. The zero-order valence-corrected chi connectivity index (χ0v) is 20.0. The molecule has 8 heteroatoms. The van der Waals surface area contributed by atoms with E-state index in [1.807, 2.05) is 29.2 Å². The van der Waals surface area contributed by atoms with Crippen molar-refractivity contribution in [3.63, 3.8) is 0 Å². The van der Waals surface area contributed by atoms with Crippen LogP contribution in [0.5, 0.6) is 11.5 Å². The molecule has 0 saturated carbocycles. The molecule has 34 heavy (non-hydrogen) atoms. The van der Waals surface area contributed by atoms with Gasteiger partial charge in [0.25, 0.3) is 5.91 Å². The van der Waals surface area contributed by atoms with Gasteiger partial charge in [0.2, 0.25) is 5.91 Å². The maximum atomic E-state index is 12.4. The third-order valence-electron chi connectivity index (χ3n) is 5.55. The van der Waals surface area contributed by atoms with E-state index in [0.717, 1.165) is 31.7 Å². The molecule has 1 heterocycles. The number of carbonyl (C=O) groups excluding carboxylic acids is 2. The topological polar surface area (TPSA) is 70.7 Å². The summed E-state index contributed by atoms with van der Waals surface area (Å²) in [5.41, 5.74) is 2.15. The molecular weight excluding hydrogens is 473 g/mol. The summed E-state index contributed by atoms with van der Waals surface area (Å²) < 4.78 is 5.90. The van der Waals surface area contributed by atoms with Crippen molar-refractivity contribution in [3.05, 3.63) is 87.9 Å². The molecule has 4 rings (SSSR count). The monoisotopic (exact) mass is 497 g/mol. The maximum Gasteiger partial charge on any atom is 0.255 e. The van der Waals surface area contributed by atoms with Crippen LogP contribution < -0.4 is 15.4 Å². The normalized spacial score (nSPS) is 13.4. The Kier molecular flexibility index (Phi) is 8.06. The number of hydrogen-bond acceptors (Lipinski definition) is 4. The lowest BCUT2D eigenvalue weighted by atomic mass is 10.1. The van der Waals surface area contributed by atoms with Gasteiger partial charge in [-0.25, -0.2) is 0 Å². The number of hydrogen-bond donors (Lipinski definition) is 2. The van der Waals surface area contributed by atoms with Gasteiger partial charge < -0.3 is 20.3 Å². The van der Waals surface area contributed by atoms with E-state index in [2.05, 4.69) is 10.6 Å². The zero-order valence-electron chi connectivity index (χ0n) is 18.5. The average Bonchev–Trinajstić information content (AvgIpc) is 2.86. The quantitative estimate of drug-likeness (QED) is 0.458. The van der Waals surface area contributed by atoms with Crippen LogP contribution in [0.1, 0.15) is 22.3 Å². The van der Waals surface area contributed by atoms with Crippen LogP contribution in [0.3, 0.4) is 0 Å². The lowest BCUT2D eigenvalue weighted by molar-refractivity contribution is -0.131. The van der Waals surface area contributed by atoms with Crippen molar-refractivity contribution in [1.29, 1.82) is 0 Å². The third kappa shape index (κ3) is 6.50. The van der Waals surface area contributed by atoms with Gasteiger partial charge in [-0.2, -0.15) is 0 Å². The Balaban J connectivity index is 1.27. The van der Waals surface area contributed by atoms with E-state index in [4.69, 9.17) is 27.9 Å². The second-order valence-corrected chi connectivity index (χ2v) is 8.80. The molecule has 1 saturated heterocycles. The van der Waals surface area contributed by atoms with E-state index < -0.39 is 0 Å². The van der Waals surface area contributed by atoms with Crippen molar-refractivity contribution in [2.24, 2.45) is 0 Å². The molecule has 0 bridgehead atoms. The number of ether oxygens (including phenoxy) is 1. The van der Waals surface area contributed by atoms with Crippen molar-refractivity contribution in [3.8, 4) is 11.5 Å². The minimum absolute atomic E-state index is 0.202. The molecule has 0 unspecified atom stereocenters. The standard InChI is InChI=1S/C26H25Cl2N3O3/c27-23-11-4-19(17-24(23)28)26(33)30-20-5-9-22(10-6-20)34-21-7-1-18(2-8-21)3-12-25(32)31-15-13-29-14-16-31/h1-2,4-11,17,29H,3,12-16H2,(H,30,33). The Morgan fingerprint density at radius 1 is 0.882 bits per heavy atom. The van der Waals surface area contributed by atoms with Gasteiger partial charge in [0.05, 0.1) is 10.0 Å². The fourth-order valence-electron chi connectivity index (χ4n) is 3.63. The smallest absolute Gasteiger partial charge is 0.255 e. The van der Waals surface area contributed by atoms with E-state index in [0.29, 0.717) is 45.6 Å². The Morgan fingerprint density at radius 2 is 1.53 bits per heavy atom. The summed E-state index contributed by atoms with van der Waals surface area (Å²) in [5, 5.41) is 6.80. The lowest BCUT2D eigenvalue weighted by Crippen LogP contribution is -2.46. The first-order valence-electron chi connectivity index (χ1n) is 11.1. The molecule has 0 aliphatic carbocycles. The lowest BCUT2D eigenvalue weighted by Gasteiger charge is -2.27. The predicted octanol–water partition coefficient (Wildman–Crippen LogP) is 5.40. The van der Waals surface area contributed by atoms with Gasteiger partial charge in [-0.1, -0.05) is 35.3 Å². The van der Waals surface area contributed by atoms with Crippen LogP contribution in [0.15, 0.2) is 66.7 Å². The van der Waals surface area contributed by atoms with Crippen LogP contribution in [0.2, 0.25) is 10.0 Å². The fourth-order valence-corrected chi connectivity index (χ4v) is 3.93. The summed E-state index contributed by atoms with van der Waals surface area (Å²) in [4.78, 5) is 26.6. The van der Waals surface area contributed by atoms with E-state index >= 15 is 0 Å². The number of benzene rings is 3. The summed E-state index contributed by atoms with van der Waals surface area (Å²) >= 11 is 11.9. The van der Waals surface area contributed by atoms with Crippen molar-refractivity contribution in [1.82, 2.24) is 10.2 Å². The van der Waals surface area contributed by atoms with Gasteiger partial charge in [-0.05, 0) is 66.6 Å². The summed E-state index contributed by atoms with van der Waals surface area (Å²) in [7, 11) is 0. The summed E-state index contributed by atoms with van der Waals surface area (Å²) in [6.07, 6.45) is 1.21. The van der Waals surface area contributed by atoms with Gasteiger partial charge in [0.1, 0.15) is 11.5 Å². The van der Waals surface area contributed by atoms with Crippen LogP contribution in [0.25, 0.3) is 0 Å². The van der Waals surface area contributed by atoms with Crippen molar-refractivity contribution < 1.29 is 14.3 Å². The number of aryl methyl sites for hydroxylation is 1. The van der Waals surface area contributed by atoms with Crippen LogP contribution in [0.4, 0.5) is 5.69 Å². The molecular formula is C26H25Cl2N3O3. The van der Waals surface area contributed by atoms with E-state index in [9.17, 15) is 9.59 Å². The van der Waals surface area contributed by atoms with Gasteiger partial charge >= 0.3 is 0 Å². The number of nitrogens with one attached hydrogen (secondary N) is 2. The van der Waals surface area contributed by atoms with Crippen molar-refractivity contribution in [2.45, 2.75) is 12.8 Å². The number of amides is 2. The molecule has 0 atom stereocenters. The minimum Gasteiger partial charge on any atom is -0.457 e. The number of anilines is 1. The van der Waals surface area contributed by atoms with E-state index in [1.165, 1.54) is 6.07 Å². The highest BCUT2D eigenvalue weighted by atomic mass is 35.5. The van der Waals surface area contributed by atoms with Gasteiger partial charge in [-0.15, -0.1) is 0 Å². The molecule has 0 spiro atoms. The molecule has 3 aromatic rings. The van der Waals surface area contributed by atoms with Crippen LogP contribution >= 0.6 is 23.2 Å². The molecule has 1 aliphatic rings. The molecule has 0 aromatic heterocycles. The molecule has 0 radical (unpaired) electrons. The Bertz CT molecular complexity index is 1140. The molecule has 1 fully saturated rings. The first kappa shape index (κ1) is 24.1. The van der Waals surface area contributed by atoms with Crippen LogP contribution in [-0.4, -0.2) is 42.9 Å². The highest BCUT2D eigenvalue weighted by Crippen LogP contribution is 2.25. The average molecular weight is 498 g/mol. The Hall–Kier alpha value is -3.06. The predicted molar refractivity (Wildman–Crippen MR) is 135 cm³/mol. The number of piperazine rings is 1. The molecule has 3 aromatic carbocycles. The van der Waals surface area contributed by atoms with E-state index in [1.54, 1.807) is 36.4 Å².